The van der Waals surface area contributed by atoms with E-state index in [2.05, 4.69) is 33.2 Å². The highest BCUT2D eigenvalue weighted by molar-refractivity contribution is 7.10. The van der Waals surface area contributed by atoms with Crippen molar-refractivity contribution < 1.29 is 50.9 Å². The second kappa shape index (κ2) is 13.6. The van der Waals surface area contributed by atoms with Crippen LogP contribution in [0.4, 0.5) is 26.3 Å². The highest BCUT2D eigenvalue weighted by atomic mass is 32.1. The molecule has 3 fully saturated rings. The number of likely N-dealkylation sites (tertiary alicyclic amines) is 3. The largest absolute Gasteiger partial charge is 0.490 e. The maximum absolute atomic E-state index is 12.6. The van der Waals surface area contributed by atoms with Crippen molar-refractivity contribution in [3.8, 4) is 0 Å². The molecule has 4 rings (SSSR count). The molecule has 3 saturated heterocycles. The zero-order chi connectivity index (χ0) is 28.7. The Kier molecular flexibility index (Phi) is 11.4. The molecular formula is C23H31F6N3O5S. The quantitative estimate of drug-likeness (QED) is 0.530. The Hall–Kier alpha value is -2.39. The molecule has 38 heavy (non-hydrogen) atoms. The molecule has 0 radical (unpaired) electrons. The van der Waals surface area contributed by atoms with E-state index in [1.807, 2.05) is 6.07 Å². The molecule has 2 N–H and O–H groups in total. The molecule has 3 atom stereocenters. The molecule has 1 aromatic heterocycles. The van der Waals surface area contributed by atoms with Crippen molar-refractivity contribution in [3.05, 3.63) is 22.4 Å². The number of piperidine rings is 1. The predicted octanol–water partition coefficient (Wildman–Crippen LogP) is 3.57. The molecule has 8 nitrogen and oxygen atoms in total. The molecule has 3 aliphatic rings. The van der Waals surface area contributed by atoms with Crippen molar-refractivity contribution in [2.75, 3.05) is 39.8 Å². The van der Waals surface area contributed by atoms with E-state index >= 15 is 0 Å². The number of halogens is 6. The monoisotopic (exact) mass is 575 g/mol. The fourth-order valence-electron chi connectivity index (χ4n) is 4.94. The fraction of sp³-hybridized carbons (Fsp3) is 0.696. The van der Waals surface area contributed by atoms with Crippen LogP contribution in [-0.4, -0.2) is 107 Å². The van der Waals surface area contributed by atoms with Crippen molar-refractivity contribution in [1.82, 2.24) is 14.7 Å². The number of fused-ring (bicyclic) bond motifs is 1. The first-order chi connectivity index (χ1) is 17.6. The van der Waals surface area contributed by atoms with Crippen LogP contribution < -0.4 is 0 Å². The third kappa shape index (κ3) is 9.73. The number of rotatable bonds is 4. The number of alkyl halides is 6. The number of carbonyl (C=O) groups is 3. The summed E-state index contributed by atoms with van der Waals surface area (Å²) < 4.78 is 63.5. The fourth-order valence-corrected chi connectivity index (χ4v) is 5.64. The van der Waals surface area contributed by atoms with Gasteiger partial charge in [-0.1, -0.05) is 6.07 Å². The smallest absolute Gasteiger partial charge is 0.475 e. The third-order valence-electron chi connectivity index (χ3n) is 6.78. The second-order valence-corrected chi connectivity index (χ2v) is 10.4. The van der Waals surface area contributed by atoms with E-state index in [1.54, 1.807) is 11.3 Å². The Morgan fingerprint density at radius 3 is 2.03 bits per heavy atom. The van der Waals surface area contributed by atoms with Gasteiger partial charge >= 0.3 is 24.3 Å². The van der Waals surface area contributed by atoms with Crippen LogP contribution >= 0.6 is 11.3 Å². The van der Waals surface area contributed by atoms with Crippen LogP contribution in [0.25, 0.3) is 0 Å². The first-order valence-electron chi connectivity index (χ1n) is 11.9. The molecule has 0 saturated carbocycles. The van der Waals surface area contributed by atoms with Gasteiger partial charge in [0.1, 0.15) is 0 Å². The molecule has 1 amide bonds. The van der Waals surface area contributed by atoms with Crippen LogP contribution in [0.2, 0.25) is 0 Å². The summed E-state index contributed by atoms with van der Waals surface area (Å²) in [4.78, 5) is 39.0. The molecule has 0 aromatic carbocycles. The van der Waals surface area contributed by atoms with E-state index in [9.17, 15) is 31.1 Å². The number of nitrogens with zero attached hydrogens (tertiary/aromatic N) is 3. The Morgan fingerprint density at radius 2 is 1.55 bits per heavy atom. The Labute approximate surface area is 219 Å². The van der Waals surface area contributed by atoms with Crippen molar-refractivity contribution >= 4 is 29.2 Å². The lowest BCUT2D eigenvalue weighted by atomic mass is 9.92. The second-order valence-electron chi connectivity index (χ2n) is 9.38. The van der Waals surface area contributed by atoms with Crippen LogP contribution in [0.3, 0.4) is 0 Å². The summed E-state index contributed by atoms with van der Waals surface area (Å²) in [6.45, 7) is 5.70. The Bertz CT molecular complexity index is 898. The first-order valence-corrected chi connectivity index (χ1v) is 12.8. The van der Waals surface area contributed by atoms with Gasteiger partial charge in [0.15, 0.2) is 0 Å². The summed E-state index contributed by atoms with van der Waals surface area (Å²) in [5.41, 5.74) is 0. The number of thiophene rings is 1. The van der Waals surface area contributed by atoms with Gasteiger partial charge in [-0.15, -0.1) is 11.3 Å². The summed E-state index contributed by atoms with van der Waals surface area (Å²) in [6.07, 6.45) is -4.43. The van der Waals surface area contributed by atoms with E-state index in [0.717, 1.165) is 19.5 Å². The molecule has 15 heteroatoms. The summed E-state index contributed by atoms with van der Waals surface area (Å²) in [5.74, 6) is -4.52. The molecule has 216 valence electrons. The number of hydrogen-bond donors (Lipinski definition) is 2. The number of aliphatic carboxylic acids is 2. The van der Waals surface area contributed by atoms with E-state index in [4.69, 9.17) is 19.8 Å². The SMILES string of the molecule is CN1[C@H](CN2CCCC2)C[C@@H]2CN(C(=O)Cc3cccs3)CC[C@@H]21.O=C(O)C(F)(F)F.O=C(O)C(F)(F)F. The topological polar surface area (TPSA) is 101 Å². The van der Waals surface area contributed by atoms with Crippen molar-refractivity contribution in [2.45, 2.75) is 56.5 Å². The molecular weight excluding hydrogens is 544 g/mol. The van der Waals surface area contributed by atoms with Gasteiger partial charge in [0.25, 0.3) is 0 Å². The number of likely N-dealkylation sites (N-methyl/N-ethyl adjacent to an activating group) is 1. The normalized spacial score (nSPS) is 24.1. The van der Waals surface area contributed by atoms with E-state index in [0.29, 0.717) is 30.3 Å². The van der Waals surface area contributed by atoms with Crippen LogP contribution in [-0.2, 0) is 20.8 Å². The zero-order valence-electron chi connectivity index (χ0n) is 20.7. The van der Waals surface area contributed by atoms with E-state index < -0.39 is 24.3 Å². The van der Waals surface area contributed by atoms with Crippen molar-refractivity contribution in [3.63, 3.8) is 0 Å². The highest BCUT2D eigenvalue weighted by Gasteiger charge is 2.43. The summed E-state index contributed by atoms with van der Waals surface area (Å²) >= 11 is 1.69. The van der Waals surface area contributed by atoms with Gasteiger partial charge in [-0.2, -0.15) is 26.3 Å². The number of carbonyl (C=O) groups excluding carboxylic acids is 1. The van der Waals surface area contributed by atoms with Gasteiger partial charge in [0, 0.05) is 36.6 Å². The standard InChI is InChI=1S/C19H29N3OS.2C2HF3O2/c1-20-16(14-21-7-2-3-8-21)11-15-13-22(9-6-18(15)20)19(23)12-17-5-4-10-24-17;2*3-2(4,5)1(6)7/h4-5,10,15-16,18H,2-3,6-9,11-14H2,1H3;2*(H,6,7)/t15-,16+,18+;;/m1../s1. The minimum atomic E-state index is -5.08. The lowest BCUT2D eigenvalue weighted by Crippen LogP contribution is -2.48. The number of carboxylic acid groups (broad SMARTS) is 2. The van der Waals surface area contributed by atoms with Gasteiger partial charge in [0.05, 0.1) is 6.42 Å². The minimum Gasteiger partial charge on any atom is -0.475 e. The van der Waals surface area contributed by atoms with Gasteiger partial charge in [-0.25, -0.2) is 9.59 Å². The Balaban J connectivity index is 0.000000301. The molecule has 0 bridgehead atoms. The van der Waals surface area contributed by atoms with Crippen LogP contribution in [0.5, 0.6) is 0 Å². The zero-order valence-corrected chi connectivity index (χ0v) is 21.5. The molecule has 0 unspecified atom stereocenters. The molecule has 1 aromatic rings. The molecule has 0 aliphatic carbocycles. The average molecular weight is 576 g/mol. The molecule has 0 spiro atoms. The minimum absolute atomic E-state index is 0.321. The maximum Gasteiger partial charge on any atom is 0.490 e. The Morgan fingerprint density at radius 1 is 1.00 bits per heavy atom. The van der Waals surface area contributed by atoms with E-state index in [1.165, 1.54) is 43.8 Å². The summed E-state index contributed by atoms with van der Waals surface area (Å²) in [6, 6.07) is 5.48. The third-order valence-corrected chi connectivity index (χ3v) is 7.66. The van der Waals surface area contributed by atoms with Gasteiger partial charge in [-0.05, 0) is 63.2 Å². The predicted molar refractivity (Wildman–Crippen MR) is 126 cm³/mol. The van der Waals surface area contributed by atoms with Crippen LogP contribution in [0.15, 0.2) is 17.5 Å². The van der Waals surface area contributed by atoms with E-state index in [-0.39, 0.29) is 0 Å². The molecule has 3 aliphatic heterocycles. The van der Waals surface area contributed by atoms with Crippen LogP contribution in [0, 0.1) is 5.92 Å². The summed E-state index contributed by atoms with van der Waals surface area (Å²) in [5, 5.41) is 16.3. The first kappa shape index (κ1) is 31.8. The molecule has 4 heterocycles. The summed E-state index contributed by atoms with van der Waals surface area (Å²) in [7, 11) is 2.31. The number of amides is 1. The van der Waals surface area contributed by atoms with Gasteiger partial charge in [-0.3, -0.25) is 9.69 Å². The van der Waals surface area contributed by atoms with Gasteiger partial charge < -0.3 is 20.0 Å². The van der Waals surface area contributed by atoms with Crippen LogP contribution in [0.1, 0.15) is 30.6 Å². The average Bonchev–Trinajstić information content (AvgIpc) is 3.57. The number of hydrogen-bond acceptors (Lipinski definition) is 6. The lowest BCUT2D eigenvalue weighted by Gasteiger charge is -2.37. The maximum atomic E-state index is 12.6. The van der Waals surface area contributed by atoms with Gasteiger partial charge in [0.2, 0.25) is 5.91 Å². The highest BCUT2D eigenvalue weighted by Crippen LogP contribution is 2.35. The van der Waals surface area contributed by atoms with Crippen molar-refractivity contribution in [2.24, 2.45) is 5.92 Å². The lowest BCUT2D eigenvalue weighted by molar-refractivity contribution is -0.193. The number of carboxylic acids is 2. The van der Waals surface area contributed by atoms with Crippen molar-refractivity contribution in [1.29, 1.82) is 0 Å².